The Morgan fingerprint density at radius 2 is 1.89 bits per heavy atom. The van der Waals surface area contributed by atoms with Gasteiger partial charge in [-0.05, 0) is 36.2 Å². The van der Waals surface area contributed by atoms with E-state index >= 15 is 0 Å². The first kappa shape index (κ1) is 17.3. The maximum absolute atomic E-state index is 12.6. The van der Waals surface area contributed by atoms with Crippen molar-refractivity contribution >= 4 is 0 Å². The number of pyridine rings is 2. The van der Waals surface area contributed by atoms with E-state index < -0.39 is 11.7 Å². The van der Waals surface area contributed by atoms with Crippen molar-refractivity contribution in [3.05, 3.63) is 54.0 Å². The summed E-state index contributed by atoms with van der Waals surface area (Å²) >= 11 is 0. The van der Waals surface area contributed by atoms with E-state index in [9.17, 15) is 18.3 Å². The van der Waals surface area contributed by atoms with Crippen molar-refractivity contribution in [2.75, 3.05) is 0 Å². The lowest BCUT2D eigenvalue weighted by Crippen LogP contribution is -2.33. The van der Waals surface area contributed by atoms with E-state index in [-0.39, 0.29) is 17.9 Å². The van der Waals surface area contributed by atoms with Crippen molar-refractivity contribution in [2.45, 2.75) is 31.0 Å². The van der Waals surface area contributed by atoms with Crippen LogP contribution in [0.3, 0.4) is 0 Å². The van der Waals surface area contributed by atoms with Gasteiger partial charge in [0.25, 0.3) is 5.88 Å². The fourth-order valence-corrected chi connectivity index (χ4v) is 2.89. The van der Waals surface area contributed by atoms with E-state index in [1.807, 2.05) is 0 Å². The number of rotatable bonds is 4. The Hall–Kier alpha value is -3.10. The third-order valence-electron chi connectivity index (χ3n) is 4.43. The number of ether oxygens (including phenoxy) is 1. The van der Waals surface area contributed by atoms with Gasteiger partial charge in [-0.1, -0.05) is 0 Å². The standard InChI is InChI=1S/C18H14F3N3O3/c19-18(20,21)12-2-3-14(22-9-12)11-5-13(6-11)26-17-4-1-10(8-23-17)15-7-16(25)24-27-15/h1-4,7-9,11,13H,5-6H2,(H,24,25)/t11-,13+. The van der Waals surface area contributed by atoms with Crippen LogP contribution in [0.2, 0.25) is 0 Å². The van der Waals surface area contributed by atoms with Crippen molar-refractivity contribution < 1.29 is 27.5 Å². The summed E-state index contributed by atoms with van der Waals surface area (Å²) < 4.78 is 48.4. The van der Waals surface area contributed by atoms with Crippen LogP contribution in [0.25, 0.3) is 11.3 Å². The molecule has 3 aromatic heterocycles. The van der Waals surface area contributed by atoms with E-state index in [0.29, 0.717) is 35.7 Å². The van der Waals surface area contributed by atoms with Crippen molar-refractivity contribution in [1.82, 2.24) is 15.1 Å². The summed E-state index contributed by atoms with van der Waals surface area (Å²) in [5.74, 6) is 0.700. The summed E-state index contributed by atoms with van der Waals surface area (Å²) in [5, 5.41) is 12.6. The second-order valence-electron chi connectivity index (χ2n) is 6.31. The third kappa shape index (κ3) is 3.71. The molecule has 4 rings (SSSR count). The molecule has 140 valence electrons. The topological polar surface area (TPSA) is 81.3 Å². The maximum Gasteiger partial charge on any atom is 0.417 e. The van der Waals surface area contributed by atoms with E-state index in [0.717, 1.165) is 12.3 Å². The van der Waals surface area contributed by atoms with Crippen LogP contribution in [0.1, 0.15) is 30.0 Å². The Bertz CT molecular complexity index is 918. The van der Waals surface area contributed by atoms with Gasteiger partial charge in [-0.3, -0.25) is 4.98 Å². The lowest BCUT2D eigenvalue weighted by Gasteiger charge is -2.34. The van der Waals surface area contributed by atoms with E-state index in [1.54, 1.807) is 18.3 Å². The normalized spacial score (nSPS) is 19.5. The van der Waals surface area contributed by atoms with Crippen LogP contribution in [0.15, 0.2) is 47.2 Å². The number of halogens is 3. The van der Waals surface area contributed by atoms with Gasteiger partial charge >= 0.3 is 6.18 Å². The molecule has 0 atom stereocenters. The smallest absolute Gasteiger partial charge is 0.417 e. The first-order chi connectivity index (χ1) is 12.9. The molecule has 0 aromatic carbocycles. The van der Waals surface area contributed by atoms with Crippen LogP contribution < -0.4 is 4.74 Å². The van der Waals surface area contributed by atoms with Gasteiger partial charge in [-0.2, -0.15) is 13.2 Å². The molecule has 1 N–H and O–H groups in total. The first-order valence-corrected chi connectivity index (χ1v) is 8.20. The van der Waals surface area contributed by atoms with E-state index in [1.165, 1.54) is 12.1 Å². The van der Waals surface area contributed by atoms with Gasteiger partial charge in [0.1, 0.15) is 6.10 Å². The summed E-state index contributed by atoms with van der Waals surface area (Å²) in [6, 6.07) is 7.27. The number of aromatic hydroxyl groups is 1. The minimum absolute atomic E-state index is 0.0632. The van der Waals surface area contributed by atoms with Crippen molar-refractivity contribution in [3.63, 3.8) is 0 Å². The second-order valence-corrected chi connectivity index (χ2v) is 6.31. The lowest BCUT2D eigenvalue weighted by atomic mass is 9.79. The molecule has 1 saturated carbocycles. The van der Waals surface area contributed by atoms with Gasteiger partial charge in [0.15, 0.2) is 5.76 Å². The summed E-state index contributed by atoms with van der Waals surface area (Å²) in [6.45, 7) is 0. The van der Waals surface area contributed by atoms with Crippen molar-refractivity contribution in [2.24, 2.45) is 0 Å². The third-order valence-corrected chi connectivity index (χ3v) is 4.43. The second kappa shape index (κ2) is 6.57. The molecule has 3 heterocycles. The summed E-state index contributed by atoms with van der Waals surface area (Å²) in [5.41, 5.74) is 0.537. The molecule has 0 bridgehead atoms. The monoisotopic (exact) mass is 377 g/mol. The van der Waals surface area contributed by atoms with Gasteiger partial charge in [0.2, 0.25) is 5.88 Å². The highest BCUT2D eigenvalue weighted by atomic mass is 19.4. The largest absolute Gasteiger partial charge is 0.491 e. The molecule has 0 aliphatic heterocycles. The molecule has 9 heteroatoms. The van der Waals surface area contributed by atoms with E-state index in [2.05, 4.69) is 15.1 Å². The van der Waals surface area contributed by atoms with Gasteiger partial charge in [-0.15, -0.1) is 0 Å². The molecule has 3 aromatic rings. The number of aromatic nitrogens is 3. The molecule has 0 unspecified atom stereocenters. The number of hydrogen-bond donors (Lipinski definition) is 1. The Morgan fingerprint density at radius 3 is 2.44 bits per heavy atom. The molecular weight excluding hydrogens is 363 g/mol. The first-order valence-electron chi connectivity index (χ1n) is 8.20. The van der Waals surface area contributed by atoms with Crippen LogP contribution in [0, 0.1) is 0 Å². The van der Waals surface area contributed by atoms with Gasteiger partial charge in [0, 0.05) is 41.7 Å². The minimum Gasteiger partial charge on any atom is -0.491 e. The van der Waals surface area contributed by atoms with Crippen LogP contribution >= 0.6 is 0 Å². The molecule has 1 aliphatic rings. The number of hydrogen-bond acceptors (Lipinski definition) is 6. The molecule has 27 heavy (non-hydrogen) atoms. The Morgan fingerprint density at radius 1 is 1.07 bits per heavy atom. The Kier molecular flexibility index (Phi) is 4.21. The zero-order valence-corrected chi connectivity index (χ0v) is 13.8. The number of nitrogens with zero attached hydrogens (tertiary/aromatic N) is 3. The zero-order valence-electron chi connectivity index (χ0n) is 13.8. The lowest BCUT2D eigenvalue weighted by molar-refractivity contribution is -0.137. The predicted molar refractivity (Wildman–Crippen MR) is 87.0 cm³/mol. The van der Waals surface area contributed by atoms with Crippen LogP contribution in [0.5, 0.6) is 11.8 Å². The fraction of sp³-hybridized carbons (Fsp3) is 0.278. The van der Waals surface area contributed by atoms with Crippen LogP contribution in [0.4, 0.5) is 13.2 Å². The molecular formula is C18H14F3N3O3. The molecule has 1 aliphatic carbocycles. The minimum atomic E-state index is -4.38. The molecule has 0 amide bonds. The molecule has 0 spiro atoms. The van der Waals surface area contributed by atoms with Gasteiger partial charge < -0.3 is 14.4 Å². The molecule has 0 radical (unpaired) electrons. The highest BCUT2D eigenvalue weighted by Crippen LogP contribution is 2.39. The maximum atomic E-state index is 12.6. The van der Waals surface area contributed by atoms with Crippen LogP contribution in [-0.4, -0.2) is 26.3 Å². The SMILES string of the molecule is Oc1cc(-c2ccc(O[C@H]3C[C@@H](c4ccc(C(F)(F)F)cn4)C3)nc2)on1. The highest BCUT2D eigenvalue weighted by molar-refractivity contribution is 5.57. The number of alkyl halides is 3. The summed E-state index contributed by atoms with van der Waals surface area (Å²) in [4.78, 5) is 8.12. The molecule has 6 nitrogen and oxygen atoms in total. The van der Waals surface area contributed by atoms with E-state index in [4.69, 9.17) is 9.26 Å². The Labute approximate surface area is 151 Å². The summed E-state index contributed by atoms with van der Waals surface area (Å²) in [6.07, 6.45) is -0.700. The quantitative estimate of drug-likeness (QED) is 0.735. The predicted octanol–water partition coefficient (Wildman–Crippen LogP) is 4.18. The molecule has 0 saturated heterocycles. The van der Waals surface area contributed by atoms with Gasteiger partial charge in [0.05, 0.1) is 5.56 Å². The average Bonchev–Trinajstić information content (AvgIpc) is 3.04. The average molecular weight is 377 g/mol. The fourth-order valence-electron chi connectivity index (χ4n) is 2.89. The van der Waals surface area contributed by atoms with Crippen molar-refractivity contribution in [1.29, 1.82) is 0 Å². The van der Waals surface area contributed by atoms with Gasteiger partial charge in [-0.25, -0.2) is 4.98 Å². The van der Waals surface area contributed by atoms with Crippen LogP contribution in [-0.2, 0) is 6.18 Å². The highest BCUT2D eigenvalue weighted by Gasteiger charge is 2.35. The zero-order chi connectivity index (χ0) is 19.0. The van der Waals surface area contributed by atoms with Crippen molar-refractivity contribution in [3.8, 4) is 23.1 Å². The summed E-state index contributed by atoms with van der Waals surface area (Å²) in [7, 11) is 0. The molecule has 1 fully saturated rings. The Balaban J connectivity index is 1.32.